The lowest BCUT2D eigenvalue weighted by Gasteiger charge is -2.21. The van der Waals surface area contributed by atoms with Gasteiger partial charge in [-0.15, -0.1) is 0 Å². The van der Waals surface area contributed by atoms with Gasteiger partial charge in [-0.2, -0.15) is 5.10 Å². The number of phenolic OH excluding ortho intramolecular Hbond substituents is 1. The van der Waals surface area contributed by atoms with Crippen LogP contribution in [0.3, 0.4) is 0 Å². The Labute approximate surface area is 134 Å². The highest BCUT2D eigenvalue weighted by Crippen LogP contribution is 2.33. The minimum absolute atomic E-state index is 0.126. The number of rotatable bonds is 3. The third-order valence-electron chi connectivity index (χ3n) is 4.61. The van der Waals surface area contributed by atoms with E-state index in [-0.39, 0.29) is 5.75 Å². The predicted molar refractivity (Wildman–Crippen MR) is 87.7 cm³/mol. The van der Waals surface area contributed by atoms with Gasteiger partial charge < -0.3 is 14.8 Å². The zero-order valence-electron chi connectivity index (χ0n) is 13.1. The standard InChI is InChI=1S/C17H20N4O2/c1-23-15-9-11(7-8-14(15)22)16-19-13-10-18-21(17(13)20-16)12-5-3-2-4-6-12/h7-10,12,22H,2-6H2,1H3,(H,19,20). The van der Waals surface area contributed by atoms with Crippen LogP contribution in [0.1, 0.15) is 38.1 Å². The summed E-state index contributed by atoms with van der Waals surface area (Å²) in [6, 6.07) is 5.68. The summed E-state index contributed by atoms with van der Waals surface area (Å²) >= 11 is 0. The number of nitrogens with zero attached hydrogens (tertiary/aromatic N) is 3. The van der Waals surface area contributed by atoms with Crippen molar-refractivity contribution in [3.63, 3.8) is 0 Å². The van der Waals surface area contributed by atoms with E-state index < -0.39 is 0 Å². The minimum Gasteiger partial charge on any atom is -0.504 e. The third kappa shape index (κ3) is 2.44. The molecule has 1 saturated carbocycles. The molecule has 1 aliphatic rings. The number of hydrogen-bond acceptors (Lipinski definition) is 4. The van der Waals surface area contributed by atoms with Gasteiger partial charge in [-0.05, 0) is 31.0 Å². The van der Waals surface area contributed by atoms with Crippen molar-refractivity contribution in [3.05, 3.63) is 24.4 Å². The molecule has 0 spiro atoms. The van der Waals surface area contributed by atoms with Crippen molar-refractivity contribution in [2.75, 3.05) is 7.11 Å². The molecule has 2 N–H and O–H groups in total. The van der Waals surface area contributed by atoms with E-state index in [0.29, 0.717) is 11.8 Å². The first-order valence-corrected chi connectivity index (χ1v) is 8.07. The highest BCUT2D eigenvalue weighted by Gasteiger charge is 2.20. The summed E-state index contributed by atoms with van der Waals surface area (Å²) < 4.78 is 7.23. The van der Waals surface area contributed by atoms with Gasteiger partial charge in [-0.25, -0.2) is 9.67 Å². The molecule has 6 nitrogen and oxygen atoms in total. The number of H-pyrrole nitrogens is 1. The summed E-state index contributed by atoms with van der Waals surface area (Å²) in [4.78, 5) is 8.04. The number of aromatic nitrogens is 4. The molecule has 4 rings (SSSR count). The smallest absolute Gasteiger partial charge is 0.177 e. The monoisotopic (exact) mass is 312 g/mol. The summed E-state index contributed by atoms with van der Waals surface area (Å²) in [6.45, 7) is 0. The first-order valence-electron chi connectivity index (χ1n) is 8.07. The summed E-state index contributed by atoms with van der Waals surface area (Å²) in [5, 5.41) is 14.2. The van der Waals surface area contributed by atoms with Gasteiger partial charge in [0.05, 0.1) is 19.3 Å². The lowest BCUT2D eigenvalue weighted by Crippen LogP contribution is -2.14. The second-order valence-electron chi connectivity index (χ2n) is 6.09. The number of nitrogens with one attached hydrogen (secondary N) is 1. The van der Waals surface area contributed by atoms with E-state index in [2.05, 4.69) is 14.8 Å². The van der Waals surface area contributed by atoms with Crippen LogP contribution in [0, 0.1) is 0 Å². The van der Waals surface area contributed by atoms with Gasteiger partial charge in [0.15, 0.2) is 17.1 Å². The average molecular weight is 312 g/mol. The number of aromatic hydroxyl groups is 1. The molecule has 0 aliphatic heterocycles. The molecule has 1 aliphatic carbocycles. The van der Waals surface area contributed by atoms with Gasteiger partial charge in [0.2, 0.25) is 0 Å². The fraction of sp³-hybridized carbons (Fsp3) is 0.412. The Kier molecular flexibility index (Phi) is 3.44. The van der Waals surface area contributed by atoms with Crippen LogP contribution < -0.4 is 4.74 Å². The normalized spacial score (nSPS) is 16.0. The van der Waals surface area contributed by atoms with E-state index in [4.69, 9.17) is 9.72 Å². The zero-order valence-corrected chi connectivity index (χ0v) is 13.1. The topological polar surface area (TPSA) is 76.0 Å². The Balaban J connectivity index is 1.73. The number of imidazole rings is 1. The van der Waals surface area contributed by atoms with Crippen molar-refractivity contribution in [1.82, 2.24) is 19.7 Å². The van der Waals surface area contributed by atoms with Crippen LogP contribution in [0.5, 0.6) is 11.5 Å². The number of phenols is 1. The average Bonchev–Trinajstić information content (AvgIpc) is 3.16. The Morgan fingerprint density at radius 1 is 1.26 bits per heavy atom. The van der Waals surface area contributed by atoms with Crippen LogP contribution in [-0.4, -0.2) is 32.0 Å². The molecular weight excluding hydrogens is 292 g/mol. The molecule has 23 heavy (non-hydrogen) atoms. The summed E-state index contributed by atoms with van der Waals surface area (Å²) in [7, 11) is 1.54. The second-order valence-corrected chi connectivity index (χ2v) is 6.09. The molecule has 2 heterocycles. The minimum atomic E-state index is 0.126. The summed E-state index contributed by atoms with van der Waals surface area (Å²) in [5.41, 5.74) is 2.72. The second kappa shape index (κ2) is 5.61. The molecule has 0 unspecified atom stereocenters. The molecule has 0 saturated heterocycles. The number of aromatic amines is 1. The maximum absolute atomic E-state index is 9.73. The summed E-state index contributed by atoms with van der Waals surface area (Å²) in [6.07, 6.45) is 8.03. The molecule has 0 atom stereocenters. The van der Waals surface area contributed by atoms with Crippen molar-refractivity contribution in [2.45, 2.75) is 38.1 Å². The van der Waals surface area contributed by atoms with E-state index >= 15 is 0 Å². The zero-order chi connectivity index (χ0) is 15.8. The highest BCUT2D eigenvalue weighted by molar-refractivity contribution is 5.76. The number of benzene rings is 1. The van der Waals surface area contributed by atoms with Crippen molar-refractivity contribution < 1.29 is 9.84 Å². The number of methoxy groups -OCH3 is 1. The van der Waals surface area contributed by atoms with Crippen molar-refractivity contribution in [3.8, 4) is 22.9 Å². The molecule has 2 aromatic heterocycles. The molecule has 3 aromatic rings. The van der Waals surface area contributed by atoms with E-state index in [0.717, 1.165) is 22.6 Å². The number of hydrogen-bond donors (Lipinski definition) is 2. The highest BCUT2D eigenvalue weighted by atomic mass is 16.5. The predicted octanol–water partition coefficient (Wildman–Crippen LogP) is 3.65. The Morgan fingerprint density at radius 2 is 2.09 bits per heavy atom. The van der Waals surface area contributed by atoms with Crippen LogP contribution in [-0.2, 0) is 0 Å². The van der Waals surface area contributed by atoms with Gasteiger partial charge in [-0.3, -0.25) is 0 Å². The molecule has 1 fully saturated rings. The van der Waals surface area contributed by atoms with E-state index in [1.54, 1.807) is 19.2 Å². The molecule has 0 amide bonds. The maximum Gasteiger partial charge on any atom is 0.177 e. The van der Waals surface area contributed by atoms with Crippen molar-refractivity contribution >= 4 is 11.2 Å². The van der Waals surface area contributed by atoms with Gasteiger partial charge in [0.1, 0.15) is 11.3 Å². The van der Waals surface area contributed by atoms with Crippen LogP contribution in [0.2, 0.25) is 0 Å². The van der Waals surface area contributed by atoms with Gasteiger partial charge in [-0.1, -0.05) is 19.3 Å². The molecule has 6 heteroatoms. The van der Waals surface area contributed by atoms with Crippen LogP contribution in [0.25, 0.3) is 22.6 Å². The number of fused-ring (bicyclic) bond motifs is 1. The maximum atomic E-state index is 9.73. The third-order valence-corrected chi connectivity index (χ3v) is 4.61. The quantitative estimate of drug-likeness (QED) is 0.774. The Bertz CT molecular complexity index is 830. The fourth-order valence-corrected chi connectivity index (χ4v) is 3.37. The summed E-state index contributed by atoms with van der Waals surface area (Å²) in [5.74, 6) is 1.33. The van der Waals surface area contributed by atoms with Crippen molar-refractivity contribution in [1.29, 1.82) is 0 Å². The van der Waals surface area contributed by atoms with E-state index in [9.17, 15) is 5.11 Å². The van der Waals surface area contributed by atoms with Gasteiger partial charge >= 0.3 is 0 Å². The first-order chi connectivity index (χ1) is 11.3. The van der Waals surface area contributed by atoms with Crippen molar-refractivity contribution in [2.24, 2.45) is 0 Å². The largest absolute Gasteiger partial charge is 0.504 e. The van der Waals surface area contributed by atoms with Gasteiger partial charge in [0, 0.05) is 5.56 Å². The fourth-order valence-electron chi connectivity index (χ4n) is 3.37. The Hall–Kier alpha value is -2.50. The lowest BCUT2D eigenvalue weighted by molar-refractivity contribution is 0.336. The molecule has 120 valence electrons. The van der Waals surface area contributed by atoms with Gasteiger partial charge in [0.25, 0.3) is 0 Å². The Morgan fingerprint density at radius 3 is 2.87 bits per heavy atom. The molecule has 1 aromatic carbocycles. The van der Waals surface area contributed by atoms with Crippen LogP contribution in [0.15, 0.2) is 24.4 Å². The number of ether oxygens (including phenoxy) is 1. The van der Waals surface area contributed by atoms with E-state index in [1.165, 1.54) is 32.1 Å². The van der Waals surface area contributed by atoms with Crippen LogP contribution in [0.4, 0.5) is 0 Å². The molecule has 0 radical (unpaired) electrons. The van der Waals surface area contributed by atoms with Crippen LogP contribution >= 0.6 is 0 Å². The van der Waals surface area contributed by atoms with E-state index in [1.807, 2.05) is 12.3 Å². The first kappa shape index (κ1) is 14.1. The molecule has 0 bridgehead atoms. The lowest BCUT2D eigenvalue weighted by atomic mass is 9.96. The SMILES string of the molecule is COc1cc(-c2nc3c(cnn3C3CCCCC3)[nH]2)ccc1O. The molecular formula is C17H20N4O2.